The molecule has 5 heteroatoms. The number of nitriles is 1. The number of nitrogens with one attached hydrogen (secondary N) is 1. The molecule has 0 fully saturated rings. The Labute approximate surface area is 106 Å². The van der Waals surface area contributed by atoms with E-state index < -0.39 is 0 Å². The first-order chi connectivity index (χ1) is 8.63. The predicted octanol–water partition coefficient (Wildman–Crippen LogP) is 2.17. The van der Waals surface area contributed by atoms with E-state index in [9.17, 15) is 0 Å². The molecular formula is C13H15N5. The van der Waals surface area contributed by atoms with E-state index in [0.717, 1.165) is 17.1 Å². The largest absolute Gasteiger partial charge is 0.363 e. The van der Waals surface area contributed by atoms with Crippen LogP contribution in [-0.4, -0.2) is 14.8 Å². The number of hydrogen-bond donors (Lipinski definition) is 1. The molecular weight excluding hydrogens is 226 g/mol. The van der Waals surface area contributed by atoms with Crippen molar-refractivity contribution in [1.82, 2.24) is 14.8 Å². The molecule has 1 N–H and O–H groups in total. The van der Waals surface area contributed by atoms with Gasteiger partial charge in [-0.05, 0) is 31.5 Å². The van der Waals surface area contributed by atoms with Crippen molar-refractivity contribution >= 4 is 5.82 Å². The first kappa shape index (κ1) is 12.1. The van der Waals surface area contributed by atoms with Crippen molar-refractivity contribution in [3.63, 3.8) is 0 Å². The lowest BCUT2D eigenvalue weighted by Crippen LogP contribution is -2.11. The molecule has 0 aromatic carbocycles. The van der Waals surface area contributed by atoms with E-state index in [0.29, 0.717) is 5.56 Å². The maximum absolute atomic E-state index is 9.14. The Hall–Kier alpha value is -2.35. The first-order valence-corrected chi connectivity index (χ1v) is 5.73. The molecule has 0 saturated heterocycles. The fourth-order valence-corrected chi connectivity index (χ4v) is 1.90. The highest BCUT2D eigenvalue weighted by Gasteiger charge is 2.15. The Morgan fingerprint density at radius 2 is 2.06 bits per heavy atom. The highest BCUT2D eigenvalue weighted by Crippen LogP contribution is 2.23. The monoisotopic (exact) mass is 241 g/mol. The third-order valence-electron chi connectivity index (χ3n) is 2.89. The second kappa shape index (κ2) is 4.88. The Morgan fingerprint density at radius 3 is 2.67 bits per heavy atom. The number of aromatic nitrogens is 3. The van der Waals surface area contributed by atoms with Crippen LogP contribution >= 0.6 is 0 Å². The standard InChI is InChI=1S/C13H15N5/c1-9(11-4-6-15-7-5-11)16-13-12(8-14)10(2)17-18(13)3/h4-7,9,16H,1-3H3. The molecule has 18 heavy (non-hydrogen) atoms. The van der Waals surface area contributed by atoms with Gasteiger partial charge in [-0.25, -0.2) is 0 Å². The molecule has 0 amide bonds. The van der Waals surface area contributed by atoms with Crippen LogP contribution in [0.15, 0.2) is 24.5 Å². The maximum atomic E-state index is 9.14. The number of rotatable bonds is 3. The van der Waals surface area contributed by atoms with Crippen LogP contribution in [0.1, 0.15) is 29.8 Å². The Bertz CT molecular complexity index is 579. The van der Waals surface area contributed by atoms with Crippen LogP contribution in [0.4, 0.5) is 5.82 Å². The first-order valence-electron chi connectivity index (χ1n) is 5.73. The molecule has 2 aromatic rings. The summed E-state index contributed by atoms with van der Waals surface area (Å²) in [4.78, 5) is 3.99. The number of nitrogens with zero attached hydrogens (tertiary/aromatic N) is 4. The summed E-state index contributed by atoms with van der Waals surface area (Å²) in [7, 11) is 1.83. The van der Waals surface area contributed by atoms with Gasteiger partial charge in [-0.1, -0.05) is 0 Å². The molecule has 2 heterocycles. The van der Waals surface area contributed by atoms with Crippen molar-refractivity contribution in [1.29, 1.82) is 5.26 Å². The van der Waals surface area contributed by atoms with Crippen LogP contribution < -0.4 is 5.32 Å². The second-order valence-electron chi connectivity index (χ2n) is 4.19. The third kappa shape index (κ3) is 2.18. The lowest BCUT2D eigenvalue weighted by Gasteiger charge is -2.15. The Balaban J connectivity index is 2.28. The smallest absolute Gasteiger partial charge is 0.142 e. The highest BCUT2D eigenvalue weighted by atomic mass is 15.3. The van der Waals surface area contributed by atoms with E-state index >= 15 is 0 Å². The third-order valence-corrected chi connectivity index (χ3v) is 2.89. The summed E-state index contributed by atoms with van der Waals surface area (Å²) in [6.45, 7) is 3.87. The number of pyridine rings is 1. The summed E-state index contributed by atoms with van der Waals surface area (Å²) >= 11 is 0. The molecule has 5 nitrogen and oxygen atoms in total. The molecule has 2 rings (SSSR count). The van der Waals surface area contributed by atoms with Gasteiger partial charge in [-0.3, -0.25) is 9.67 Å². The van der Waals surface area contributed by atoms with Gasteiger partial charge in [-0.2, -0.15) is 10.4 Å². The molecule has 0 radical (unpaired) electrons. The lowest BCUT2D eigenvalue weighted by molar-refractivity contribution is 0.742. The second-order valence-corrected chi connectivity index (χ2v) is 4.19. The summed E-state index contributed by atoms with van der Waals surface area (Å²) in [5.74, 6) is 0.749. The summed E-state index contributed by atoms with van der Waals surface area (Å²) in [5, 5.41) is 16.7. The van der Waals surface area contributed by atoms with Crippen LogP contribution in [0, 0.1) is 18.3 Å². The van der Waals surface area contributed by atoms with Gasteiger partial charge in [0.15, 0.2) is 0 Å². The van der Waals surface area contributed by atoms with Crippen LogP contribution in [-0.2, 0) is 7.05 Å². The molecule has 1 unspecified atom stereocenters. The van der Waals surface area contributed by atoms with Gasteiger partial charge in [-0.15, -0.1) is 0 Å². The van der Waals surface area contributed by atoms with Crippen LogP contribution in [0.3, 0.4) is 0 Å². The quantitative estimate of drug-likeness (QED) is 0.894. The van der Waals surface area contributed by atoms with Crippen LogP contribution in [0.5, 0.6) is 0 Å². The minimum Gasteiger partial charge on any atom is -0.363 e. The number of hydrogen-bond acceptors (Lipinski definition) is 4. The minimum atomic E-state index is 0.0925. The molecule has 1 atom stereocenters. The van der Waals surface area contributed by atoms with E-state index in [2.05, 4.69) is 21.5 Å². The Morgan fingerprint density at radius 1 is 1.39 bits per heavy atom. The van der Waals surface area contributed by atoms with Crippen molar-refractivity contribution in [2.75, 3.05) is 5.32 Å². The predicted molar refractivity (Wildman–Crippen MR) is 68.9 cm³/mol. The van der Waals surface area contributed by atoms with Crippen molar-refractivity contribution < 1.29 is 0 Å². The van der Waals surface area contributed by atoms with Gasteiger partial charge in [0.05, 0.1) is 11.7 Å². The molecule has 0 spiro atoms. The normalized spacial score (nSPS) is 11.9. The maximum Gasteiger partial charge on any atom is 0.142 e. The molecule has 0 saturated carbocycles. The van der Waals surface area contributed by atoms with Gasteiger partial charge < -0.3 is 5.32 Å². The van der Waals surface area contributed by atoms with Crippen molar-refractivity contribution in [3.05, 3.63) is 41.3 Å². The lowest BCUT2D eigenvalue weighted by atomic mass is 10.1. The fraction of sp³-hybridized carbons (Fsp3) is 0.308. The van der Waals surface area contributed by atoms with Gasteiger partial charge in [0, 0.05) is 19.4 Å². The zero-order chi connectivity index (χ0) is 13.1. The zero-order valence-electron chi connectivity index (χ0n) is 10.7. The molecule has 0 aliphatic carbocycles. The van der Waals surface area contributed by atoms with Crippen LogP contribution in [0.2, 0.25) is 0 Å². The topological polar surface area (TPSA) is 66.5 Å². The molecule has 2 aromatic heterocycles. The fourth-order valence-electron chi connectivity index (χ4n) is 1.90. The van der Waals surface area contributed by atoms with Crippen molar-refractivity contribution in [2.24, 2.45) is 7.05 Å². The molecule has 0 bridgehead atoms. The molecule has 0 aliphatic heterocycles. The van der Waals surface area contributed by atoms with E-state index in [1.807, 2.05) is 33.0 Å². The van der Waals surface area contributed by atoms with Gasteiger partial charge in [0.2, 0.25) is 0 Å². The minimum absolute atomic E-state index is 0.0925. The van der Waals surface area contributed by atoms with Gasteiger partial charge in [0.25, 0.3) is 0 Å². The van der Waals surface area contributed by atoms with E-state index in [-0.39, 0.29) is 6.04 Å². The van der Waals surface area contributed by atoms with Gasteiger partial charge in [0.1, 0.15) is 17.5 Å². The van der Waals surface area contributed by atoms with Crippen molar-refractivity contribution in [3.8, 4) is 6.07 Å². The molecule has 92 valence electrons. The van der Waals surface area contributed by atoms with E-state index in [1.165, 1.54) is 0 Å². The molecule has 0 aliphatic rings. The van der Waals surface area contributed by atoms with E-state index in [1.54, 1.807) is 17.1 Å². The summed E-state index contributed by atoms with van der Waals surface area (Å²) < 4.78 is 1.70. The number of anilines is 1. The summed E-state index contributed by atoms with van der Waals surface area (Å²) in [5.41, 5.74) is 2.45. The highest BCUT2D eigenvalue weighted by molar-refractivity contribution is 5.55. The van der Waals surface area contributed by atoms with Crippen LogP contribution in [0.25, 0.3) is 0 Å². The van der Waals surface area contributed by atoms with E-state index in [4.69, 9.17) is 5.26 Å². The number of aryl methyl sites for hydroxylation is 2. The summed E-state index contributed by atoms with van der Waals surface area (Å²) in [6.07, 6.45) is 3.51. The average molecular weight is 241 g/mol. The average Bonchev–Trinajstić information content (AvgIpc) is 2.64. The Kier molecular flexibility index (Phi) is 3.28. The zero-order valence-corrected chi connectivity index (χ0v) is 10.7. The SMILES string of the molecule is Cc1nn(C)c(NC(C)c2ccncc2)c1C#N. The summed E-state index contributed by atoms with van der Waals surface area (Å²) in [6, 6.07) is 6.18. The van der Waals surface area contributed by atoms with Crippen molar-refractivity contribution in [2.45, 2.75) is 19.9 Å². The van der Waals surface area contributed by atoms with Gasteiger partial charge >= 0.3 is 0 Å².